The molecular formula is C22H24F4N2O4Si. The molecule has 6 nitrogen and oxygen atoms in total. The topological polar surface area (TPSA) is 62.5 Å². The van der Waals surface area contributed by atoms with Crippen molar-refractivity contribution in [2.45, 2.75) is 44.8 Å². The van der Waals surface area contributed by atoms with E-state index in [1.54, 1.807) is 6.92 Å². The number of hydrogen-bond acceptors (Lipinski definition) is 4. The third-order valence-corrected chi connectivity index (χ3v) is 5.93. The van der Waals surface area contributed by atoms with E-state index in [1.807, 2.05) is 19.6 Å². The van der Waals surface area contributed by atoms with Crippen LogP contribution in [0.25, 0.3) is 5.69 Å². The van der Waals surface area contributed by atoms with E-state index in [0.717, 1.165) is 13.1 Å². The van der Waals surface area contributed by atoms with Crippen LogP contribution in [-0.2, 0) is 24.4 Å². The lowest BCUT2D eigenvalue weighted by Crippen LogP contribution is -2.41. The van der Waals surface area contributed by atoms with Gasteiger partial charge >= 0.3 is 11.9 Å². The maximum absolute atomic E-state index is 15.4. The smallest absolute Gasteiger partial charge is 0.431 e. The average molecular weight is 485 g/mol. The number of hydrogen-bond donors (Lipinski definition) is 0. The van der Waals surface area contributed by atoms with Gasteiger partial charge < -0.3 is 9.47 Å². The molecule has 2 aromatic rings. The highest BCUT2D eigenvalue weighted by molar-refractivity contribution is 6.83. The summed E-state index contributed by atoms with van der Waals surface area (Å²) >= 11 is 0. The number of nitrogens with zero attached hydrogens (tertiary/aromatic N) is 2. The van der Waals surface area contributed by atoms with Gasteiger partial charge in [-0.15, -0.1) is 5.54 Å². The van der Waals surface area contributed by atoms with Crippen LogP contribution in [0, 0.1) is 17.3 Å². The van der Waals surface area contributed by atoms with Gasteiger partial charge in [0.05, 0.1) is 17.9 Å². The monoisotopic (exact) mass is 484 g/mol. The summed E-state index contributed by atoms with van der Waals surface area (Å²) in [6.45, 7) is 7.84. The number of benzene rings is 1. The zero-order chi connectivity index (χ0) is 24.9. The molecule has 11 heteroatoms. The second-order valence-electron chi connectivity index (χ2n) is 9.27. The number of rotatable bonds is 3. The molecule has 0 bridgehead atoms. The van der Waals surface area contributed by atoms with Crippen molar-refractivity contribution in [2.75, 3.05) is 13.7 Å². The third kappa shape index (κ3) is 4.77. The number of aromatic nitrogens is 2. The molecule has 1 aromatic carbocycles. The Labute approximate surface area is 188 Å². The first-order valence-electron chi connectivity index (χ1n) is 10.0. The summed E-state index contributed by atoms with van der Waals surface area (Å²) in [6, 6.07) is 1.32. The van der Waals surface area contributed by atoms with E-state index in [-0.39, 0.29) is 40.5 Å². The Morgan fingerprint density at radius 2 is 1.88 bits per heavy atom. The first-order chi connectivity index (χ1) is 15.1. The normalized spacial score (nSPS) is 17.9. The van der Waals surface area contributed by atoms with E-state index in [4.69, 9.17) is 9.47 Å². The first kappa shape index (κ1) is 24.8. The van der Waals surface area contributed by atoms with Crippen molar-refractivity contribution in [3.63, 3.8) is 0 Å². The standard InChI is InChI=1S/C22H24F4N2O4Si/c1-21(12-31-3)11-14-18(15(23)9-13(19(14)32-21)7-8-33(4,5)6)28-17(29)10-16(22(24,25)26)27(2)20(28)30/h9-10H,11-12H2,1-6H3. The fourth-order valence-electron chi connectivity index (χ4n) is 3.69. The Kier molecular flexibility index (Phi) is 6.15. The van der Waals surface area contributed by atoms with Crippen molar-refractivity contribution in [1.29, 1.82) is 0 Å². The van der Waals surface area contributed by atoms with Crippen LogP contribution in [0.3, 0.4) is 0 Å². The Bertz CT molecular complexity index is 1300. The molecule has 0 spiro atoms. The molecule has 0 aliphatic carbocycles. The van der Waals surface area contributed by atoms with Gasteiger partial charge in [-0.3, -0.25) is 9.36 Å². The minimum Gasteiger partial charge on any atom is -0.483 e. The fraction of sp³-hybridized carbons (Fsp3) is 0.455. The Morgan fingerprint density at radius 3 is 2.42 bits per heavy atom. The number of methoxy groups -OCH3 is 1. The molecule has 0 amide bonds. The van der Waals surface area contributed by atoms with Crippen LogP contribution in [-0.4, -0.2) is 36.5 Å². The van der Waals surface area contributed by atoms with Gasteiger partial charge in [-0.1, -0.05) is 25.6 Å². The van der Waals surface area contributed by atoms with E-state index >= 15 is 4.39 Å². The van der Waals surface area contributed by atoms with Crippen LogP contribution in [0.5, 0.6) is 5.75 Å². The van der Waals surface area contributed by atoms with Crippen molar-refractivity contribution < 1.29 is 27.0 Å². The lowest BCUT2D eigenvalue weighted by Gasteiger charge is -2.22. The van der Waals surface area contributed by atoms with Crippen LogP contribution in [0.15, 0.2) is 21.7 Å². The number of halogens is 4. The summed E-state index contributed by atoms with van der Waals surface area (Å²) in [5, 5.41) is 0. The van der Waals surface area contributed by atoms with Crippen molar-refractivity contribution in [3.05, 3.63) is 55.6 Å². The van der Waals surface area contributed by atoms with Gasteiger partial charge in [0, 0.05) is 32.2 Å². The molecule has 1 unspecified atom stereocenters. The van der Waals surface area contributed by atoms with Crippen molar-refractivity contribution >= 4 is 8.07 Å². The quantitative estimate of drug-likeness (QED) is 0.381. The largest absolute Gasteiger partial charge is 0.483 e. The van der Waals surface area contributed by atoms with Crippen LogP contribution in [0.2, 0.25) is 19.6 Å². The number of ether oxygens (including phenoxy) is 2. The zero-order valence-corrected chi connectivity index (χ0v) is 20.1. The van der Waals surface area contributed by atoms with Crippen LogP contribution >= 0.6 is 0 Å². The lowest BCUT2D eigenvalue weighted by atomic mass is 9.97. The summed E-state index contributed by atoms with van der Waals surface area (Å²) in [7, 11) is 0.486. The van der Waals surface area contributed by atoms with E-state index in [1.165, 1.54) is 7.11 Å². The molecule has 3 rings (SSSR count). The van der Waals surface area contributed by atoms with Gasteiger partial charge in [0.25, 0.3) is 5.56 Å². The van der Waals surface area contributed by atoms with E-state index in [0.29, 0.717) is 4.57 Å². The molecule has 1 atom stereocenters. The molecule has 0 fully saturated rings. The predicted octanol–water partition coefficient (Wildman–Crippen LogP) is 3.26. The highest BCUT2D eigenvalue weighted by Crippen LogP contribution is 2.42. The molecule has 1 aliphatic heterocycles. The minimum atomic E-state index is -4.93. The third-order valence-electron chi connectivity index (χ3n) is 5.06. The van der Waals surface area contributed by atoms with Gasteiger partial charge in [-0.05, 0) is 13.0 Å². The SMILES string of the molecule is COCC1(C)Cc2c(c(C#C[Si](C)(C)C)cc(F)c2-n2c(=O)cc(C(F)(F)F)n(C)c2=O)O1. The predicted molar refractivity (Wildman–Crippen MR) is 117 cm³/mol. The van der Waals surface area contributed by atoms with E-state index in [9.17, 15) is 22.8 Å². The second kappa shape index (κ2) is 8.18. The Balaban J connectivity index is 2.36. The van der Waals surface area contributed by atoms with Crippen LogP contribution < -0.4 is 16.0 Å². The van der Waals surface area contributed by atoms with Gasteiger partial charge in [-0.25, -0.2) is 13.8 Å². The zero-order valence-electron chi connectivity index (χ0n) is 19.1. The molecule has 0 saturated carbocycles. The van der Waals surface area contributed by atoms with Gasteiger partial charge in [0.1, 0.15) is 30.9 Å². The molecule has 0 saturated heterocycles. The summed E-state index contributed by atoms with van der Waals surface area (Å²) in [4.78, 5) is 25.4. The first-order valence-corrected chi connectivity index (χ1v) is 13.5. The van der Waals surface area contributed by atoms with Crippen LogP contribution in [0.1, 0.15) is 23.7 Å². The van der Waals surface area contributed by atoms with E-state index in [2.05, 4.69) is 11.5 Å². The maximum atomic E-state index is 15.4. The van der Waals surface area contributed by atoms with Crippen molar-refractivity contribution in [1.82, 2.24) is 9.13 Å². The van der Waals surface area contributed by atoms with Crippen LogP contribution in [0.4, 0.5) is 17.6 Å². The van der Waals surface area contributed by atoms with Gasteiger partial charge in [0.2, 0.25) is 0 Å². The molecule has 2 heterocycles. The molecule has 0 N–H and O–H groups in total. The molecule has 1 aromatic heterocycles. The van der Waals surface area contributed by atoms with E-state index < -0.39 is 48.3 Å². The minimum absolute atomic E-state index is 0.0571. The Hall–Kier alpha value is -2.84. The van der Waals surface area contributed by atoms with Gasteiger partial charge in [0.15, 0.2) is 0 Å². The lowest BCUT2D eigenvalue weighted by molar-refractivity contribution is -0.144. The van der Waals surface area contributed by atoms with Crippen molar-refractivity contribution in [3.8, 4) is 22.9 Å². The van der Waals surface area contributed by atoms with Gasteiger partial charge in [-0.2, -0.15) is 13.2 Å². The average Bonchev–Trinajstić information content (AvgIpc) is 3.00. The second-order valence-corrected chi connectivity index (χ2v) is 14.0. The molecule has 1 aliphatic rings. The maximum Gasteiger partial charge on any atom is 0.431 e. The summed E-state index contributed by atoms with van der Waals surface area (Å²) in [6.07, 6.45) is -4.87. The highest BCUT2D eigenvalue weighted by atomic mass is 28.3. The Morgan fingerprint density at radius 1 is 1.24 bits per heavy atom. The molecule has 0 radical (unpaired) electrons. The molecule has 33 heavy (non-hydrogen) atoms. The van der Waals surface area contributed by atoms with Crippen molar-refractivity contribution in [2.24, 2.45) is 7.05 Å². The fourth-order valence-corrected chi connectivity index (χ4v) is 4.20. The highest BCUT2D eigenvalue weighted by Gasteiger charge is 2.41. The summed E-state index contributed by atoms with van der Waals surface area (Å²) in [5.74, 6) is 2.17. The summed E-state index contributed by atoms with van der Waals surface area (Å²) < 4.78 is 67.0. The summed E-state index contributed by atoms with van der Waals surface area (Å²) in [5.41, 5.74) is -1.90. The molecule has 178 valence electrons. The molecular weight excluding hydrogens is 460 g/mol. The number of alkyl halides is 3. The number of fused-ring (bicyclic) bond motifs is 1.